The Bertz CT molecular complexity index is 346. The summed E-state index contributed by atoms with van der Waals surface area (Å²) in [5, 5.41) is 3.68. The van der Waals surface area contributed by atoms with Gasteiger partial charge in [0.15, 0.2) is 0 Å². The lowest BCUT2D eigenvalue weighted by Crippen LogP contribution is -2.35. The Morgan fingerprint density at radius 2 is 2.20 bits per heavy atom. The number of imidazole rings is 1. The average molecular weight is 206 g/mol. The van der Waals surface area contributed by atoms with Gasteiger partial charge in [0.2, 0.25) is 5.95 Å². The van der Waals surface area contributed by atoms with Gasteiger partial charge in [-0.1, -0.05) is 0 Å². The van der Waals surface area contributed by atoms with Crippen LogP contribution in [0.15, 0.2) is 6.20 Å². The lowest BCUT2D eigenvalue weighted by atomic mass is 10.1. The SMILES string of the molecule is Cc1cnc(N2CCC3CCC(C2)N3)[nH]1. The summed E-state index contributed by atoms with van der Waals surface area (Å²) in [6.07, 6.45) is 5.83. The number of anilines is 1. The molecule has 2 N–H and O–H groups in total. The number of aryl methyl sites for hydroxylation is 1. The van der Waals surface area contributed by atoms with Gasteiger partial charge in [-0.3, -0.25) is 0 Å². The molecule has 3 heterocycles. The zero-order chi connectivity index (χ0) is 10.3. The molecule has 2 aliphatic heterocycles. The van der Waals surface area contributed by atoms with Crippen LogP contribution in [-0.4, -0.2) is 35.1 Å². The van der Waals surface area contributed by atoms with E-state index >= 15 is 0 Å². The minimum atomic E-state index is 0.669. The van der Waals surface area contributed by atoms with E-state index in [9.17, 15) is 0 Å². The second-order valence-electron chi connectivity index (χ2n) is 4.76. The molecule has 2 fully saturated rings. The lowest BCUT2D eigenvalue weighted by Gasteiger charge is -2.23. The van der Waals surface area contributed by atoms with Gasteiger partial charge in [-0.2, -0.15) is 0 Å². The maximum Gasteiger partial charge on any atom is 0.203 e. The van der Waals surface area contributed by atoms with Crippen LogP contribution in [0.4, 0.5) is 5.95 Å². The molecule has 2 atom stereocenters. The fraction of sp³-hybridized carbons (Fsp3) is 0.727. The Balaban J connectivity index is 1.77. The molecule has 4 nitrogen and oxygen atoms in total. The van der Waals surface area contributed by atoms with Crippen molar-refractivity contribution in [2.24, 2.45) is 0 Å². The van der Waals surface area contributed by atoms with E-state index in [1.165, 1.54) is 19.3 Å². The van der Waals surface area contributed by atoms with Crippen LogP contribution in [0.2, 0.25) is 0 Å². The summed E-state index contributed by atoms with van der Waals surface area (Å²) in [4.78, 5) is 10.1. The summed E-state index contributed by atoms with van der Waals surface area (Å²) in [5.74, 6) is 1.04. The number of H-pyrrole nitrogens is 1. The minimum Gasteiger partial charge on any atom is -0.341 e. The van der Waals surface area contributed by atoms with E-state index < -0.39 is 0 Å². The maximum atomic E-state index is 4.41. The Hall–Kier alpha value is -1.03. The molecule has 0 spiro atoms. The van der Waals surface area contributed by atoms with Crippen molar-refractivity contribution in [2.75, 3.05) is 18.0 Å². The molecule has 2 saturated heterocycles. The first kappa shape index (κ1) is 9.21. The highest BCUT2D eigenvalue weighted by atomic mass is 15.3. The van der Waals surface area contributed by atoms with Crippen LogP contribution in [0.25, 0.3) is 0 Å². The molecule has 15 heavy (non-hydrogen) atoms. The third kappa shape index (κ3) is 1.74. The van der Waals surface area contributed by atoms with Crippen LogP contribution < -0.4 is 10.2 Å². The van der Waals surface area contributed by atoms with Crippen LogP contribution in [0.3, 0.4) is 0 Å². The first-order valence-electron chi connectivity index (χ1n) is 5.84. The minimum absolute atomic E-state index is 0.669. The van der Waals surface area contributed by atoms with Crippen molar-refractivity contribution in [2.45, 2.75) is 38.3 Å². The average Bonchev–Trinajstić information content (AvgIpc) is 2.74. The van der Waals surface area contributed by atoms with Crippen molar-refractivity contribution >= 4 is 5.95 Å². The Morgan fingerprint density at radius 1 is 1.33 bits per heavy atom. The highest BCUT2D eigenvalue weighted by Gasteiger charge is 2.29. The number of aromatic nitrogens is 2. The third-order valence-electron chi connectivity index (χ3n) is 3.51. The smallest absolute Gasteiger partial charge is 0.203 e. The molecule has 2 unspecified atom stereocenters. The van der Waals surface area contributed by atoms with Gasteiger partial charge in [0.05, 0.1) is 0 Å². The van der Waals surface area contributed by atoms with Gasteiger partial charge in [0, 0.05) is 37.1 Å². The standard InChI is InChI=1S/C11H18N4/c1-8-6-12-11(13-8)15-5-4-9-2-3-10(7-15)14-9/h6,9-10,14H,2-5,7H2,1H3,(H,12,13). The largest absolute Gasteiger partial charge is 0.341 e. The van der Waals surface area contributed by atoms with Crippen LogP contribution >= 0.6 is 0 Å². The van der Waals surface area contributed by atoms with Crippen molar-refractivity contribution in [3.8, 4) is 0 Å². The van der Waals surface area contributed by atoms with Crippen LogP contribution in [0, 0.1) is 6.92 Å². The molecule has 0 aromatic carbocycles. The van der Waals surface area contributed by atoms with Crippen molar-refractivity contribution in [3.05, 3.63) is 11.9 Å². The van der Waals surface area contributed by atoms with E-state index in [0.29, 0.717) is 6.04 Å². The van der Waals surface area contributed by atoms with Crippen molar-refractivity contribution in [1.29, 1.82) is 0 Å². The number of rotatable bonds is 1. The van der Waals surface area contributed by atoms with Crippen molar-refractivity contribution in [3.63, 3.8) is 0 Å². The number of nitrogens with zero attached hydrogens (tertiary/aromatic N) is 2. The Kier molecular flexibility index (Phi) is 2.16. The molecule has 4 heteroatoms. The summed E-state index contributed by atoms with van der Waals surface area (Å²) >= 11 is 0. The van der Waals surface area contributed by atoms with Gasteiger partial charge in [0.1, 0.15) is 0 Å². The van der Waals surface area contributed by atoms with Gasteiger partial charge in [0.25, 0.3) is 0 Å². The number of nitrogens with one attached hydrogen (secondary N) is 2. The number of hydrogen-bond donors (Lipinski definition) is 2. The molecule has 1 aromatic rings. The quantitative estimate of drug-likeness (QED) is 0.722. The number of fused-ring (bicyclic) bond motifs is 2. The van der Waals surface area contributed by atoms with Crippen molar-refractivity contribution in [1.82, 2.24) is 15.3 Å². The van der Waals surface area contributed by atoms with Crippen LogP contribution in [0.1, 0.15) is 25.0 Å². The summed E-state index contributed by atoms with van der Waals surface area (Å²) in [7, 11) is 0. The summed E-state index contributed by atoms with van der Waals surface area (Å²) in [6, 6.07) is 1.42. The summed E-state index contributed by atoms with van der Waals surface area (Å²) in [5.41, 5.74) is 1.15. The molecule has 2 aliphatic rings. The molecule has 0 aliphatic carbocycles. The fourth-order valence-electron chi connectivity index (χ4n) is 2.69. The molecule has 0 radical (unpaired) electrons. The van der Waals surface area contributed by atoms with E-state index in [1.54, 1.807) is 0 Å². The predicted molar refractivity (Wildman–Crippen MR) is 60.1 cm³/mol. The molecule has 1 aromatic heterocycles. The van der Waals surface area contributed by atoms with Gasteiger partial charge in [-0.05, 0) is 26.2 Å². The molecule has 0 amide bonds. The summed E-state index contributed by atoms with van der Waals surface area (Å²) < 4.78 is 0. The molecular formula is C11H18N4. The zero-order valence-corrected chi connectivity index (χ0v) is 9.16. The third-order valence-corrected chi connectivity index (χ3v) is 3.51. The molecular weight excluding hydrogens is 188 g/mol. The van der Waals surface area contributed by atoms with E-state index in [0.717, 1.165) is 30.8 Å². The Morgan fingerprint density at radius 3 is 3.00 bits per heavy atom. The van der Waals surface area contributed by atoms with Gasteiger partial charge >= 0.3 is 0 Å². The fourth-order valence-corrected chi connectivity index (χ4v) is 2.69. The highest BCUT2D eigenvalue weighted by Crippen LogP contribution is 2.22. The zero-order valence-electron chi connectivity index (χ0n) is 9.16. The van der Waals surface area contributed by atoms with Crippen LogP contribution in [0.5, 0.6) is 0 Å². The monoisotopic (exact) mass is 206 g/mol. The lowest BCUT2D eigenvalue weighted by molar-refractivity contribution is 0.563. The second kappa shape index (κ2) is 3.52. The predicted octanol–water partition coefficient (Wildman–Crippen LogP) is 1.05. The first-order chi connectivity index (χ1) is 7.31. The molecule has 2 bridgehead atoms. The van der Waals surface area contributed by atoms with E-state index in [-0.39, 0.29) is 0 Å². The summed E-state index contributed by atoms with van der Waals surface area (Å²) in [6.45, 7) is 4.28. The van der Waals surface area contributed by atoms with E-state index in [4.69, 9.17) is 0 Å². The highest BCUT2D eigenvalue weighted by molar-refractivity contribution is 5.32. The van der Waals surface area contributed by atoms with Gasteiger partial charge < -0.3 is 15.2 Å². The van der Waals surface area contributed by atoms with Gasteiger partial charge in [-0.15, -0.1) is 0 Å². The number of hydrogen-bond acceptors (Lipinski definition) is 3. The Labute approximate surface area is 90.1 Å². The van der Waals surface area contributed by atoms with Crippen molar-refractivity contribution < 1.29 is 0 Å². The topological polar surface area (TPSA) is 44.0 Å². The van der Waals surface area contributed by atoms with Gasteiger partial charge in [-0.25, -0.2) is 4.98 Å². The first-order valence-corrected chi connectivity index (χ1v) is 5.84. The number of aromatic amines is 1. The second-order valence-corrected chi connectivity index (χ2v) is 4.76. The molecule has 82 valence electrons. The maximum absolute atomic E-state index is 4.41. The van der Waals surface area contributed by atoms with Crippen LogP contribution in [-0.2, 0) is 0 Å². The van der Waals surface area contributed by atoms with E-state index in [1.807, 2.05) is 6.20 Å². The normalized spacial score (nSPS) is 30.6. The van der Waals surface area contributed by atoms with E-state index in [2.05, 4.69) is 27.1 Å². The molecule has 0 saturated carbocycles. The molecule has 3 rings (SSSR count).